The van der Waals surface area contributed by atoms with E-state index in [2.05, 4.69) is 0 Å². The number of aliphatic hydroxyl groups excluding tert-OH is 4. The Bertz CT molecular complexity index is 798. The lowest BCUT2D eigenvalue weighted by Gasteiger charge is -2.64. The molecule has 0 amide bonds. The number of aliphatic hydroxyl groups is 6. The smallest absolute Gasteiger partial charge is 0.137 e. The van der Waals surface area contributed by atoms with Crippen molar-refractivity contribution in [3.63, 3.8) is 0 Å². The minimum Gasteiger partial charge on any atom is -0.393 e. The number of carbonyl (C=O) groups excluding carboxylic acids is 1. The number of hydrogen-bond acceptors (Lipinski definition) is 7. The van der Waals surface area contributed by atoms with E-state index < -0.39 is 46.4 Å². The second kappa shape index (κ2) is 8.49. The van der Waals surface area contributed by atoms with Crippen LogP contribution < -0.4 is 0 Å². The van der Waals surface area contributed by atoms with Gasteiger partial charge in [0, 0.05) is 24.2 Å². The molecular formula is C27H46O7. The molecule has 0 bridgehead atoms. The van der Waals surface area contributed by atoms with Gasteiger partial charge in [-0.15, -0.1) is 0 Å². The number of rotatable bonds is 5. The lowest BCUT2D eigenvalue weighted by atomic mass is 9.42. The molecular weight excluding hydrogens is 436 g/mol. The molecule has 34 heavy (non-hydrogen) atoms. The molecule has 0 aromatic carbocycles. The Hall–Kier alpha value is -0.570. The quantitative estimate of drug-likeness (QED) is 0.351. The first-order valence-corrected chi connectivity index (χ1v) is 13.3. The zero-order chi connectivity index (χ0) is 25.4. The Balaban J connectivity index is 1.63. The minimum atomic E-state index is -1.49. The Morgan fingerprint density at radius 2 is 1.71 bits per heavy atom. The van der Waals surface area contributed by atoms with E-state index in [1.165, 1.54) is 0 Å². The van der Waals surface area contributed by atoms with Crippen LogP contribution in [0.4, 0.5) is 0 Å². The van der Waals surface area contributed by atoms with Gasteiger partial charge in [0.2, 0.25) is 0 Å². The average molecular weight is 483 g/mol. The van der Waals surface area contributed by atoms with Gasteiger partial charge in [-0.25, -0.2) is 0 Å². The Labute approximate surface area is 203 Å². The maximum atomic E-state index is 13.3. The van der Waals surface area contributed by atoms with Gasteiger partial charge in [-0.1, -0.05) is 27.7 Å². The van der Waals surface area contributed by atoms with Crippen molar-refractivity contribution in [2.75, 3.05) is 0 Å². The molecule has 4 fully saturated rings. The fourth-order valence-electron chi connectivity index (χ4n) is 8.93. The summed E-state index contributed by atoms with van der Waals surface area (Å²) >= 11 is 0. The number of carbonyl (C=O) groups is 1. The maximum Gasteiger partial charge on any atom is 0.137 e. The van der Waals surface area contributed by atoms with Gasteiger partial charge in [0.15, 0.2) is 0 Å². The van der Waals surface area contributed by atoms with Crippen LogP contribution in [-0.2, 0) is 4.79 Å². The first-order valence-electron chi connectivity index (χ1n) is 13.3. The Morgan fingerprint density at radius 3 is 2.32 bits per heavy atom. The number of fused-ring (bicyclic) bond motifs is 5. The summed E-state index contributed by atoms with van der Waals surface area (Å²) in [5.74, 6) is -0.890. The van der Waals surface area contributed by atoms with Crippen LogP contribution in [0.5, 0.6) is 0 Å². The van der Waals surface area contributed by atoms with E-state index in [0.717, 1.165) is 6.42 Å². The van der Waals surface area contributed by atoms with Crippen molar-refractivity contribution in [1.82, 2.24) is 0 Å². The third kappa shape index (κ3) is 3.64. The van der Waals surface area contributed by atoms with Crippen molar-refractivity contribution in [3.05, 3.63) is 0 Å². The van der Waals surface area contributed by atoms with Crippen LogP contribution in [0.2, 0.25) is 0 Å². The SMILES string of the molecule is CC(C)[C@@H](O)C[C@@H](O)[C@](C)(O)[C@H]1CC[C@]2(O)C3CC(=O)[C@@H]4C[C@@H](O)[C@@H](O)C[C@]4(C)[C@@H]3CC[C@]12C. The summed E-state index contributed by atoms with van der Waals surface area (Å²) in [5.41, 5.74) is -3.81. The zero-order valence-corrected chi connectivity index (χ0v) is 21.4. The molecule has 196 valence electrons. The zero-order valence-electron chi connectivity index (χ0n) is 21.4. The molecule has 6 N–H and O–H groups in total. The molecule has 7 nitrogen and oxygen atoms in total. The van der Waals surface area contributed by atoms with E-state index in [0.29, 0.717) is 25.7 Å². The fraction of sp³-hybridized carbons (Fsp3) is 0.963. The van der Waals surface area contributed by atoms with Crippen LogP contribution >= 0.6 is 0 Å². The molecule has 0 heterocycles. The van der Waals surface area contributed by atoms with Crippen molar-refractivity contribution in [2.45, 2.75) is 122 Å². The summed E-state index contributed by atoms with van der Waals surface area (Å²) in [6.45, 7) is 9.42. The van der Waals surface area contributed by atoms with Crippen LogP contribution in [0.1, 0.15) is 86.0 Å². The Morgan fingerprint density at radius 1 is 1.06 bits per heavy atom. The molecule has 12 atom stereocenters. The number of ketones is 1. The standard InChI is InChI=1S/C27H46O7/c1-14(2)18(28)12-23(32)26(5,33)22-7-9-27(34)16-10-19(29)17-11-20(30)21(31)13-24(17,3)15(16)6-8-25(22,27)4/h14-18,20-23,28,30-34H,6-13H2,1-5H3/t15-,16?,17+,18+,20-,21+,22+,23-,24-,25-,26-,27+/m1/s1. The second-order valence-electron chi connectivity index (χ2n) is 13.3. The van der Waals surface area contributed by atoms with E-state index in [1.807, 2.05) is 27.7 Å². The molecule has 0 aliphatic heterocycles. The first kappa shape index (κ1) is 26.5. The molecule has 0 spiro atoms. The average Bonchev–Trinajstić information content (AvgIpc) is 3.02. The van der Waals surface area contributed by atoms with E-state index in [1.54, 1.807) is 6.92 Å². The maximum absolute atomic E-state index is 13.3. The molecule has 1 unspecified atom stereocenters. The van der Waals surface area contributed by atoms with E-state index in [-0.39, 0.29) is 54.6 Å². The normalized spacial score (nSPS) is 50.2. The molecule has 4 rings (SSSR count). The summed E-state index contributed by atoms with van der Waals surface area (Å²) in [6, 6.07) is 0. The topological polar surface area (TPSA) is 138 Å². The van der Waals surface area contributed by atoms with Crippen molar-refractivity contribution < 1.29 is 35.4 Å². The van der Waals surface area contributed by atoms with Gasteiger partial charge in [0.25, 0.3) is 0 Å². The molecule has 4 aliphatic rings. The lowest BCUT2D eigenvalue weighted by Crippen LogP contribution is -2.66. The molecule has 0 aromatic heterocycles. The van der Waals surface area contributed by atoms with Gasteiger partial charge in [-0.2, -0.15) is 0 Å². The van der Waals surface area contributed by atoms with Crippen LogP contribution in [0.15, 0.2) is 0 Å². The number of hydrogen-bond donors (Lipinski definition) is 6. The summed E-state index contributed by atoms with van der Waals surface area (Å²) in [6.07, 6.45) is -0.254. The van der Waals surface area contributed by atoms with Gasteiger partial charge >= 0.3 is 0 Å². The van der Waals surface area contributed by atoms with Crippen LogP contribution in [0.25, 0.3) is 0 Å². The number of Topliss-reactive ketones (excluding diaryl/α,β-unsaturated/α-hetero) is 1. The molecule has 4 aliphatic carbocycles. The van der Waals surface area contributed by atoms with Crippen molar-refractivity contribution >= 4 is 5.78 Å². The highest BCUT2D eigenvalue weighted by Gasteiger charge is 2.71. The molecule has 0 radical (unpaired) electrons. The second-order valence-corrected chi connectivity index (χ2v) is 13.3. The largest absolute Gasteiger partial charge is 0.393 e. The van der Waals surface area contributed by atoms with Crippen molar-refractivity contribution in [1.29, 1.82) is 0 Å². The summed E-state index contributed by atoms with van der Waals surface area (Å²) in [7, 11) is 0. The molecule has 4 saturated carbocycles. The Kier molecular flexibility index (Phi) is 6.61. The summed E-state index contributed by atoms with van der Waals surface area (Å²) in [5, 5.41) is 65.9. The van der Waals surface area contributed by atoms with Crippen molar-refractivity contribution in [3.8, 4) is 0 Å². The monoisotopic (exact) mass is 482 g/mol. The van der Waals surface area contributed by atoms with Gasteiger partial charge in [0.1, 0.15) is 5.78 Å². The minimum absolute atomic E-state index is 0.0386. The highest BCUT2D eigenvalue weighted by Crippen LogP contribution is 2.69. The molecule has 0 saturated heterocycles. The van der Waals surface area contributed by atoms with Gasteiger partial charge in [0.05, 0.1) is 35.6 Å². The van der Waals surface area contributed by atoms with Gasteiger partial charge in [-0.05, 0) is 74.5 Å². The predicted octanol–water partition coefficient (Wildman–Crippen LogP) is 1.79. The third-order valence-corrected chi connectivity index (χ3v) is 11.3. The highest BCUT2D eigenvalue weighted by molar-refractivity contribution is 5.83. The van der Waals surface area contributed by atoms with Crippen molar-refractivity contribution in [2.24, 2.45) is 40.4 Å². The van der Waals surface area contributed by atoms with Crippen LogP contribution in [0, 0.1) is 40.4 Å². The summed E-state index contributed by atoms with van der Waals surface area (Å²) < 4.78 is 0. The van der Waals surface area contributed by atoms with Crippen LogP contribution in [-0.4, -0.2) is 72.0 Å². The van der Waals surface area contributed by atoms with Gasteiger partial charge < -0.3 is 30.6 Å². The van der Waals surface area contributed by atoms with Gasteiger partial charge in [-0.3, -0.25) is 4.79 Å². The van der Waals surface area contributed by atoms with E-state index in [4.69, 9.17) is 0 Å². The van der Waals surface area contributed by atoms with E-state index in [9.17, 15) is 35.4 Å². The lowest BCUT2D eigenvalue weighted by molar-refractivity contribution is -0.233. The molecule has 0 aromatic rings. The fourth-order valence-corrected chi connectivity index (χ4v) is 8.93. The highest BCUT2D eigenvalue weighted by atomic mass is 16.3. The third-order valence-electron chi connectivity index (χ3n) is 11.3. The molecule has 7 heteroatoms. The van der Waals surface area contributed by atoms with Crippen LogP contribution in [0.3, 0.4) is 0 Å². The first-order chi connectivity index (χ1) is 15.6. The summed E-state index contributed by atoms with van der Waals surface area (Å²) in [4.78, 5) is 13.3. The predicted molar refractivity (Wildman–Crippen MR) is 127 cm³/mol. The van der Waals surface area contributed by atoms with E-state index >= 15 is 0 Å².